The normalized spacial score (nSPS) is 11.8. The Kier molecular flexibility index (Phi) is 7.13. The molecule has 12 rings (SSSR count). The van der Waals surface area contributed by atoms with Crippen LogP contribution < -0.4 is 4.90 Å². The van der Waals surface area contributed by atoms with Crippen LogP contribution >= 0.6 is 0 Å². The smallest absolute Gasteiger partial charge is 0.161 e. The molecule has 4 aromatic heterocycles. The molecule has 4 heterocycles. The lowest BCUT2D eigenvalue weighted by atomic mass is 10.0. The zero-order valence-corrected chi connectivity index (χ0v) is 31.0. The van der Waals surface area contributed by atoms with Crippen LogP contribution in [-0.2, 0) is 0 Å². The first kappa shape index (κ1) is 32.3. The van der Waals surface area contributed by atoms with Crippen molar-refractivity contribution in [2.24, 2.45) is 0 Å². The van der Waals surface area contributed by atoms with Gasteiger partial charge in [0, 0.05) is 72.1 Å². The average molecular weight is 746 g/mol. The van der Waals surface area contributed by atoms with Gasteiger partial charge in [-0.1, -0.05) is 84.9 Å². The van der Waals surface area contributed by atoms with Crippen LogP contribution in [0.15, 0.2) is 201 Å². The van der Waals surface area contributed by atoms with Crippen LogP contribution in [0.25, 0.3) is 99.7 Å². The van der Waals surface area contributed by atoms with Gasteiger partial charge in [0.15, 0.2) is 5.82 Å². The standard InChI is InChI=1S/C52H31N3O3/c1-3-12-34(13-4-1)55(35-14-5-2-6-15-35)36-24-25-39-50(30-36)58-49-21-11-18-40(51(39)49)52-53-43(32-22-26-47-41(28-32)37-16-7-9-19-45(37)56-47)31-44(54-52)33-23-27-48-42(29-33)38-17-8-10-20-46(38)57-48/h1-31H. The molecule has 0 spiro atoms. The maximum absolute atomic E-state index is 6.66. The van der Waals surface area contributed by atoms with Crippen molar-refractivity contribution in [3.05, 3.63) is 188 Å². The fraction of sp³-hybridized carbons (Fsp3) is 0. The van der Waals surface area contributed by atoms with E-state index in [1.54, 1.807) is 0 Å². The lowest BCUT2D eigenvalue weighted by Crippen LogP contribution is -2.09. The van der Waals surface area contributed by atoms with Crippen molar-refractivity contribution < 1.29 is 13.3 Å². The van der Waals surface area contributed by atoms with E-state index >= 15 is 0 Å². The Morgan fingerprint density at radius 3 is 1.45 bits per heavy atom. The number of furan rings is 3. The van der Waals surface area contributed by atoms with Crippen LogP contribution in [0.4, 0.5) is 17.1 Å². The summed E-state index contributed by atoms with van der Waals surface area (Å²) >= 11 is 0. The van der Waals surface area contributed by atoms with Crippen LogP contribution in [0.2, 0.25) is 0 Å². The summed E-state index contributed by atoms with van der Waals surface area (Å²) in [6.07, 6.45) is 0. The molecule has 8 aromatic carbocycles. The summed E-state index contributed by atoms with van der Waals surface area (Å²) in [5.74, 6) is 0.606. The average Bonchev–Trinajstić information content (AvgIpc) is 3.97. The number of para-hydroxylation sites is 4. The van der Waals surface area contributed by atoms with Crippen molar-refractivity contribution in [3.63, 3.8) is 0 Å². The molecule has 6 nitrogen and oxygen atoms in total. The molecule has 58 heavy (non-hydrogen) atoms. The minimum Gasteiger partial charge on any atom is -0.456 e. The van der Waals surface area contributed by atoms with Gasteiger partial charge in [0.05, 0.1) is 11.4 Å². The molecule has 0 unspecified atom stereocenters. The Morgan fingerprint density at radius 1 is 0.328 bits per heavy atom. The molecule has 0 amide bonds. The monoisotopic (exact) mass is 745 g/mol. The fourth-order valence-corrected chi connectivity index (χ4v) is 8.38. The third-order valence-electron chi connectivity index (χ3n) is 11.1. The summed E-state index contributed by atoms with van der Waals surface area (Å²) in [5.41, 5.74) is 12.5. The molecule has 0 saturated heterocycles. The van der Waals surface area contributed by atoms with Gasteiger partial charge < -0.3 is 18.2 Å². The molecule has 0 aliphatic heterocycles. The Balaban J connectivity index is 1.06. The van der Waals surface area contributed by atoms with Gasteiger partial charge in [0.1, 0.15) is 33.5 Å². The summed E-state index contributed by atoms with van der Waals surface area (Å²) in [5, 5.41) is 6.17. The van der Waals surface area contributed by atoms with Gasteiger partial charge in [-0.3, -0.25) is 0 Å². The van der Waals surface area contributed by atoms with Crippen LogP contribution in [0, 0.1) is 0 Å². The number of nitrogens with zero attached hydrogens (tertiary/aromatic N) is 3. The van der Waals surface area contributed by atoms with Gasteiger partial charge in [-0.05, 0) is 97.1 Å². The summed E-state index contributed by atoms with van der Waals surface area (Å²) in [7, 11) is 0. The molecule has 272 valence electrons. The first-order valence-electron chi connectivity index (χ1n) is 19.3. The number of hydrogen-bond donors (Lipinski definition) is 0. The summed E-state index contributed by atoms with van der Waals surface area (Å²) in [6.45, 7) is 0. The minimum atomic E-state index is 0.606. The molecular formula is C52H31N3O3. The maximum atomic E-state index is 6.66. The first-order valence-corrected chi connectivity index (χ1v) is 19.3. The second kappa shape index (κ2) is 12.8. The molecule has 0 aliphatic carbocycles. The lowest BCUT2D eigenvalue weighted by molar-refractivity contribution is 0.668. The highest BCUT2D eigenvalue weighted by Gasteiger charge is 2.20. The molecule has 0 N–H and O–H groups in total. The van der Waals surface area contributed by atoms with E-state index in [1.807, 2.05) is 72.8 Å². The Bertz CT molecular complexity index is 3360. The highest BCUT2D eigenvalue weighted by Crippen LogP contribution is 2.42. The number of anilines is 3. The van der Waals surface area contributed by atoms with E-state index < -0.39 is 0 Å². The van der Waals surface area contributed by atoms with E-state index in [0.717, 1.165) is 111 Å². The van der Waals surface area contributed by atoms with Crippen molar-refractivity contribution in [2.45, 2.75) is 0 Å². The molecule has 6 heteroatoms. The number of fused-ring (bicyclic) bond motifs is 9. The number of rotatable bonds is 6. The van der Waals surface area contributed by atoms with Crippen molar-refractivity contribution >= 4 is 82.9 Å². The third-order valence-corrected chi connectivity index (χ3v) is 11.1. The molecular weight excluding hydrogens is 715 g/mol. The molecule has 0 radical (unpaired) electrons. The first-order chi connectivity index (χ1) is 28.7. The molecule has 0 aliphatic rings. The molecule has 0 bridgehead atoms. The van der Waals surface area contributed by atoms with Gasteiger partial charge in [-0.2, -0.15) is 0 Å². The molecule has 0 saturated carbocycles. The van der Waals surface area contributed by atoms with E-state index in [0.29, 0.717) is 5.82 Å². The highest BCUT2D eigenvalue weighted by molar-refractivity contribution is 6.13. The summed E-state index contributed by atoms with van der Waals surface area (Å²) in [6, 6.07) is 64.3. The Morgan fingerprint density at radius 2 is 0.845 bits per heavy atom. The van der Waals surface area contributed by atoms with Gasteiger partial charge in [0.25, 0.3) is 0 Å². The zero-order chi connectivity index (χ0) is 38.2. The van der Waals surface area contributed by atoms with Crippen LogP contribution in [0.3, 0.4) is 0 Å². The van der Waals surface area contributed by atoms with Crippen molar-refractivity contribution in [2.75, 3.05) is 4.90 Å². The fourth-order valence-electron chi connectivity index (χ4n) is 8.38. The second-order valence-corrected chi connectivity index (χ2v) is 14.5. The molecule has 0 atom stereocenters. The maximum Gasteiger partial charge on any atom is 0.161 e. The topological polar surface area (TPSA) is 68.4 Å². The quantitative estimate of drug-likeness (QED) is 0.169. The van der Waals surface area contributed by atoms with Crippen molar-refractivity contribution in [1.29, 1.82) is 0 Å². The van der Waals surface area contributed by atoms with Crippen molar-refractivity contribution in [3.8, 4) is 33.9 Å². The van der Waals surface area contributed by atoms with E-state index in [9.17, 15) is 0 Å². The van der Waals surface area contributed by atoms with E-state index in [4.69, 9.17) is 23.2 Å². The van der Waals surface area contributed by atoms with E-state index in [1.165, 1.54) is 0 Å². The van der Waals surface area contributed by atoms with Crippen LogP contribution in [0.5, 0.6) is 0 Å². The highest BCUT2D eigenvalue weighted by atomic mass is 16.3. The Hall–Kier alpha value is -7.96. The predicted octanol–water partition coefficient (Wildman–Crippen LogP) is 14.6. The van der Waals surface area contributed by atoms with E-state index in [2.05, 4.69) is 120 Å². The largest absolute Gasteiger partial charge is 0.456 e. The number of hydrogen-bond acceptors (Lipinski definition) is 6. The second-order valence-electron chi connectivity index (χ2n) is 14.5. The summed E-state index contributed by atoms with van der Waals surface area (Å²) in [4.78, 5) is 12.9. The van der Waals surface area contributed by atoms with Gasteiger partial charge in [-0.25, -0.2) is 9.97 Å². The Labute approximate surface area is 331 Å². The van der Waals surface area contributed by atoms with Gasteiger partial charge in [0.2, 0.25) is 0 Å². The third kappa shape index (κ3) is 5.20. The van der Waals surface area contributed by atoms with Crippen LogP contribution in [-0.4, -0.2) is 9.97 Å². The molecule has 0 fully saturated rings. The zero-order valence-electron chi connectivity index (χ0n) is 31.0. The van der Waals surface area contributed by atoms with Gasteiger partial charge >= 0.3 is 0 Å². The van der Waals surface area contributed by atoms with E-state index in [-0.39, 0.29) is 0 Å². The number of benzene rings is 8. The number of aromatic nitrogens is 2. The predicted molar refractivity (Wildman–Crippen MR) is 235 cm³/mol. The van der Waals surface area contributed by atoms with Gasteiger partial charge in [-0.15, -0.1) is 0 Å². The molecule has 12 aromatic rings. The summed E-state index contributed by atoms with van der Waals surface area (Å²) < 4.78 is 19.1. The lowest BCUT2D eigenvalue weighted by Gasteiger charge is -2.25. The minimum absolute atomic E-state index is 0.606. The SMILES string of the molecule is c1ccc(N(c2ccccc2)c2ccc3c(c2)oc2cccc(-c4nc(-c5ccc6oc7ccccc7c6c5)cc(-c5ccc6oc7ccccc7c6c5)n4)c23)cc1. The van der Waals surface area contributed by atoms with Crippen LogP contribution in [0.1, 0.15) is 0 Å². The van der Waals surface area contributed by atoms with Crippen molar-refractivity contribution in [1.82, 2.24) is 9.97 Å².